The van der Waals surface area contributed by atoms with Crippen LogP contribution in [0.2, 0.25) is 0 Å². The van der Waals surface area contributed by atoms with E-state index >= 15 is 0 Å². The van der Waals surface area contributed by atoms with E-state index in [1.165, 1.54) is 4.90 Å². The van der Waals surface area contributed by atoms with Crippen LogP contribution in [0.15, 0.2) is 65.6 Å². The summed E-state index contributed by atoms with van der Waals surface area (Å²) in [4.78, 5) is 26.0. The summed E-state index contributed by atoms with van der Waals surface area (Å²) in [5.41, 5.74) is 1.51. The van der Waals surface area contributed by atoms with Gasteiger partial charge in [0.2, 0.25) is 0 Å². The molecule has 0 saturated carbocycles. The molecule has 2 aromatic rings. The minimum absolute atomic E-state index is 0.261. The third kappa shape index (κ3) is 2.38. The lowest BCUT2D eigenvalue weighted by Gasteiger charge is -2.11. The van der Waals surface area contributed by atoms with Crippen molar-refractivity contribution in [1.29, 1.82) is 0 Å². The van der Waals surface area contributed by atoms with Crippen LogP contribution < -0.4 is 4.90 Å². The Bertz CT molecular complexity index is 680. The minimum Gasteiger partial charge on any atom is -0.268 e. The molecule has 0 N–H and O–H groups in total. The molecule has 1 saturated heterocycles. The standard InChI is InChI=1S/C16H11NO2S/c18-15-14(11-12-7-3-1-4-8-12)20-16(19)17(15)13-9-5-2-6-10-13/h1-11H/b14-11-. The summed E-state index contributed by atoms with van der Waals surface area (Å²) in [5, 5.41) is -0.261. The third-order valence-electron chi connectivity index (χ3n) is 2.91. The van der Waals surface area contributed by atoms with Gasteiger partial charge >= 0.3 is 0 Å². The summed E-state index contributed by atoms with van der Waals surface area (Å²) in [7, 11) is 0. The van der Waals surface area contributed by atoms with Gasteiger partial charge in [0.1, 0.15) is 0 Å². The molecule has 2 aromatic carbocycles. The Kier molecular flexibility index (Phi) is 3.39. The van der Waals surface area contributed by atoms with E-state index in [1.54, 1.807) is 30.3 Å². The predicted octanol–water partition coefficient (Wildman–Crippen LogP) is 3.93. The van der Waals surface area contributed by atoms with Gasteiger partial charge < -0.3 is 0 Å². The van der Waals surface area contributed by atoms with E-state index in [0.717, 1.165) is 17.3 Å². The second-order valence-corrected chi connectivity index (χ2v) is 5.26. The number of carbonyl (C=O) groups is 2. The van der Waals surface area contributed by atoms with Gasteiger partial charge in [0.15, 0.2) is 0 Å². The molecule has 98 valence electrons. The van der Waals surface area contributed by atoms with Gasteiger partial charge in [0, 0.05) is 0 Å². The molecule has 4 heteroatoms. The fourth-order valence-corrected chi connectivity index (χ4v) is 2.81. The second-order valence-electron chi connectivity index (χ2n) is 4.26. The lowest BCUT2D eigenvalue weighted by Crippen LogP contribution is -2.27. The first-order chi connectivity index (χ1) is 9.75. The summed E-state index contributed by atoms with van der Waals surface area (Å²) >= 11 is 0.970. The van der Waals surface area contributed by atoms with Crippen LogP contribution in [0.1, 0.15) is 5.56 Å². The summed E-state index contributed by atoms with van der Waals surface area (Å²) in [5.74, 6) is -0.268. The zero-order valence-electron chi connectivity index (χ0n) is 10.5. The van der Waals surface area contributed by atoms with E-state index in [0.29, 0.717) is 10.6 Å². The fraction of sp³-hybridized carbons (Fsp3) is 0. The van der Waals surface area contributed by atoms with Crippen molar-refractivity contribution < 1.29 is 9.59 Å². The van der Waals surface area contributed by atoms with Crippen LogP contribution in [0, 0.1) is 0 Å². The zero-order chi connectivity index (χ0) is 13.9. The average Bonchev–Trinajstić information content (AvgIpc) is 2.75. The van der Waals surface area contributed by atoms with E-state index < -0.39 is 0 Å². The van der Waals surface area contributed by atoms with Crippen LogP contribution >= 0.6 is 11.8 Å². The molecule has 3 nitrogen and oxygen atoms in total. The molecule has 1 aliphatic rings. The van der Waals surface area contributed by atoms with Crippen molar-refractivity contribution in [2.75, 3.05) is 4.90 Å². The quantitative estimate of drug-likeness (QED) is 0.783. The summed E-state index contributed by atoms with van der Waals surface area (Å²) in [6.45, 7) is 0. The highest BCUT2D eigenvalue weighted by Gasteiger charge is 2.36. The van der Waals surface area contributed by atoms with Gasteiger partial charge in [-0.1, -0.05) is 48.5 Å². The van der Waals surface area contributed by atoms with E-state index in [9.17, 15) is 9.59 Å². The monoisotopic (exact) mass is 281 g/mol. The van der Waals surface area contributed by atoms with Crippen molar-refractivity contribution in [2.45, 2.75) is 0 Å². The van der Waals surface area contributed by atoms with Crippen LogP contribution in [-0.2, 0) is 4.79 Å². The first-order valence-electron chi connectivity index (χ1n) is 6.14. The van der Waals surface area contributed by atoms with Gasteiger partial charge in [-0.15, -0.1) is 0 Å². The highest BCUT2D eigenvalue weighted by molar-refractivity contribution is 8.19. The van der Waals surface area contributed by atoms with E-state index in [1.807, 2.05) is 36.4 Å². The molecule has 0 radical (unpaired) electrons. The number of hydrogen-bond donors (Lipinski definition) is 0. The number of benzene rings is 2. The lowest BCUT2D eigenvalue weighted by atomic mass is 10.2. The number of hydrogen-bond acceptors (Lipinski definition) is 3. The Morgan fingerprint density at radius 3 is 2.10 bits per heavy atom. The van der Waals surface area contributed by atoms with Gasteiger partial charge in [-0.25, -0.2) is 4.90 Å². The van der Waals surface area contributed by atoms with Crippen molar-refractivity contribution in [3.63, 3.8) is 0 Å². The SMILES string of the molecule is O=C1S/C(=C\c2ccccc2)C(=O)N1c1ccccc1. The second kappa shape index (κ2) is 5.35. The Morgan fingerprint density at radius 2 is 1.45 bits per heavy atom. The van der Waals surface area contributed by atoms with Crippen molar-refractivity contribution >= 4 is 34.7 Å². The van der Waals surface area contributed by atoms with E-state index in [4.69, 9.17) is 0 Å². The molecule has 2 amide bonds. The molecule has 1 fully saturated rings. The Morgan fingerprint density at radius 1 is 0.850 bits per heavy atom. The molecule has 0 bridgehead atoms. The maximum Gasteiger partial charge on any atom is 0.298 e. The number of para-hydroxylation sites is 1. The van der Waals surface area contributed by atoms with Gasteiger partial charge in [-0.3, -0.25) is 9.59 Å². The smallest absolute Gasteiger partial charge is 0.268 e. The van der Waals surface area contributed by atoms with Crippen molar-refractivity contribution in [3.05, 3.63) is 71.1 Å². The van der Waals surface area contributed by atoms with Crippen molar-refractivity contribution in [2.24, 2.45) is 0 Å². The molecule has 1 aliphatic heterocycles. The Labute approximate surface area is 120 Å². The van der Waals surface area contributed by atoms with Crippen LogP contribution in [0.25, 0.3) is 6.08 Å². The maximum absolute atomic E-state index is 12.3. The molecular formula is C16H11NO2S. The number of carbonyl (C=O) groups excluding carboxylic acids is 2. The third-order valence-corrected chi connectivity index (χ3v) is 3.78. The maximum atomic E-state index is 12.3. The number of anilines is 1. The molecule has 0 aromatic heterocycles. The molecule has 1 heterocycles. The summed E-state index contributed by atoms with van der Waals surface area (Å²) in [6, 6.07) is 18.5. The Hall–Kier alpha value is -2.33. The number of nitrogens with zero attached hydrogens (tertiary/aromatic N) is 1. The van der Waals surface area contributed by atoms with E-state index in [2.05, 4.69) is 0 Å². The highest BCUT2D eigenvalue weighted by atomic mass is 32.2. The summed E-state index contributed by atoms with van der Waals surface area (Å²) in [6.07, 6.45) is 1.74. The first kappa shape index (κ1) is 12.7. The van der Waals surface area contributed by atoms with Crippen molar-refractivity contribution in [1.82, 2.24) is 0 Å². The molecule has 0 aliphatic carbocycles. The number of rotatable bonds is 2. The minimum atomic E-state index is -0.268. The normalized spacial score (nSPS) is 17.0. The first-order valence-corrected chi connectivity index (χ1v) is 6.95. The molecule has 0 unspecified atom stereocenters. The highest BCUT2D eigenvalue weighted by Crippen LogP contribution is 2.35. The van der Waals surface area contributed by atoms with E-state index in [-0.39, 0.29) is 11.1 Å². The topological polar surface area (TPSA) is 37.4 Å². The van der Waals surface area contributed by atoms with Gasteiger partial charge in [0.25, 0.3) is 11.1 Å². The molecule has 3 rings (SSSR count). The average molecular weight is 281 g/mol. The van der Waals surface area contributed by atoms with Crippen LogP contribution in [0.3, 0.4) is 0 Å². The number of amides is 2. The largest absolute Gasteiger partial charge is 0.298 e. The van der Waals surface area contributed by atoms with Gasteiger partial charge in [-0.05, 0) is 35.5 Å². The molecule has 0 atom stereocenters. The summed E-state index contributed by atoms with van der Waals surface area (Å²) < 4.78 is 0. The molecule has 0 spiro atoms. The van der Waals surface area contributed by atoms with Gasteiger partial charge in [-0.2, -0.15) is 0 Å². The fourth-order valence-electron chi connectivity index (χ4n) is 1.97. The van der Waals surface area contributed by atoms with Crippen LogP contribution in [0.4, 0.5) is 10.5 Å². The predicted molar refractivity (Wildman–Crippen MR) is 81.3 cm³/mol. The molecule has 20 heavy (non-hydrogen) atoms. The zero-order valence-corrected chi connectivity index (χ0v) is 11.3. The van der Waals surface area contributed by atoms with Crippen molar-refractivity contribution in [3.8, 4) is 0 Å². The van der Waals surface area contributed by atoms with Crippen LogP contribution in [0.5, 0.6) is 0 Å². The number of imide groups is 1. The Balaban J connectivity index is 1.93. The lowest BCUT2D eigenvalue weighted by molar-refractivity contribution is -0.113. The number of thioether (sulfide) groups is 1. The van der Waals surface area contributed by atoms with Gasteiger partial charge in [0.05, 0.1) is 10.6 Å². The van der Waals surface area contributed by atoms with Crippen LogP contribution in [-0.4, -0.2) is 11.1 Å². The molecular weight excluding hydrogens is 270 g/mol.